The maximum atomic E-state index is 12.3. The maximum Gasteiger partial charge on any atom is 0.341 e. The Morgan fingerprint density at radius 1 is 1.28 bits per heavy atom. The fourth-order valence-electron chi connectivity index (χ4n) is 2.75. The lowest BCUT2D eigenvalue weighted by Crippen LogP contribution is -2.16. The predicted octanol–water partition coefficient (Wildman–Crippen LogP) is 4.91. The number of carbonyl (C=O) groups is 2. The van der Waals surface area contributed by atoms with Gasteiger partial charge in [0.2, 0.25) is 5.91 Å². The first-order chi connectivity index (χ1) is 12.1. The van der Waals surface area contributed by atoms with Crippen LogP contribution in [-0.4, -0.2) is 24.2 Å². The molecule has 1 aliphatic rings. The summed E-state index contributed by atoms with van der Waals surface area (Å²) < 4.78 is 6.19. The van der Waals surface area contributed by atoms with Gasteiger partial charge in [0.15, 0.2) is 0 Å². The van der Waals surface area contributed by atoms with Crippen molar-refractivity contribution in [1.29, 1.82) is 0 Å². The van der Waals surface area contributed by atoms with Crippen molar-refractivity contribution in [2.75, 3.05) is 17.7 Å². The van der Waals surface area contributed by atoms with Crippen molar-refractivity contribution < 1.29 is 14.3 Å². The van der Waals surface area contributed by atoms with Crippen LogP contribution in [0.1, 0.15) is 34.1 Å². The van der Waals surface area contributed by atoms with Gasteiger partial charge in [0, 0.05) is 14.2 Å². The summed E-state index contributed by atoms with van der Waals surface area (Å²) in [6.07, 6.45) is 2.90. The lowest BCUT2D eigenvalue weighted by molar-refractivity contribution is -0.113. The molecule has 0 radical (unpaired) electrons. The van der Waals surface area contributed by atoms with E-state index in [9.17, 15) is 9.59 Å². The highest BCUT2D eigenvalue weighted by Crippen LogP contribution is 2.39. The molecule has 1 aromatic carbocycles. The van der Waals surface area contributed by atoms with Crippen molar-refractivity contribution >= 4 is 55.9 Å². The van der Waals surface area contributed by atoms with Crippen LogP contribution in [0.5, 0.6) is 0 Å². The number of thiophene rings is 1. The average Bonchev–Trinajstić information content (AvgIpc) is 3.15. The van der Waals surface area contributed by atoms with E-state index in [2.05, 4.69) is 21.2 Å². The fourth-order valence-corrected chi connectivity index (χ4v) is 5.01. The normalized spacial score (nSPS) is 12.7. The van der Waals surface area contributed by atoms with Gasteiger partial charge < -0.3 is 10.1 Å². The number of esters is 1. The van der Waals surface area contributed by atoms with Crippen LogP contribution in [0.3, 0.4) is 0 Å². The molecule has 0 unspecified atom stereocenters. The van der Waals surface area contributed by atoms with Crippen molar-refractivity contribution in [2.24, 2.45) is 0 Å². The molecule has 1 amide bonds. The highest BCUT2D eigenvalue weighted by Gasteiger charge is 2.28. The summed E-state index contributed by atoms with van der Waals surface area (Å²) in [7, 11) is 0. The van der Waals surface area contributed by atoms with Gasteiger partial charge in [0.1, 0.15) is 5.00 Å². The quantitative estimate of drug-likeness (QED) is 0.513. The molecular formula is C18H18BrNO3S2. The molecule has 0 saturated carbocycles. The lowest BCUT2D eigenvalue weighted by atomic mass is 10.1. The van der Waals surface area contributed by atoms with E-state index in [0.29, 0.717) is 22.9 Å². The number of rotatable bonds is 6. The minimum atomic E-state index is -0.335. The number of anilines is 1. The van der Waals surface area contributed by atoms with E-state index < -0.39 is 0 Å². The molecule has 0 saturated heterocycles. The van der Waals surface area contributed by atoms with Crippen LogP contribution >= 0.6 is 39.0 Å². The van der Waals surface area contributed by atoms with Crippen molar-refractivity contribution in [1.82, 2.24) is 0 Å². The molecule has 3 rings (SSSR count). The van der Waals surface area contributed by atoms with Crippen LogP contribution < -0.4 is 5.32 Å². The molecule has 4 nitrogen and oxygen atoms in total. The number of fused-ring (bicyclic) bond motifs is 1. The molecular weight excluding hydrogens is 422 g/mol. The Morgan fingerprint density at radius 2 is 2.04 bits per heavy atom. The highest BCUT2D eigenvalue weighted by atomic mass is 79.9. The second kappa shape index (κ2) is 8.38. The number of ether oxygens (including phenoxy) is 1. The molecule has 0 bridgehead atoms. The zero-order valence-electron chi connectivity index (χ0n) is 13.8. The summed E-state index contributed by atoms with van der Waals surface area (Å²) in [5, 5.41) is 3.54. The van der Waals surface area contributed by atoms with Gasteiger partial charge in [-0.1, -0.05) is 15.9 Å². The van der Waals surface area contributed by atoms with Crippen molar-refractivity contribution in [3.05, 3.63) is 44.7 Å². The van der Waals surface area contributed by atoms with Gasteiger partial charge >= 0.3 is 5.97 Å². The Labute approximate surface area is 163 Å². The van der Waals surface area contributed by atoms with Crippen LogP contribution in [0, 0.1) is 0 Å². The van der Waals surface area contributed by atoms with Crippen LogP contribution in [0.4, 0.5) is 5.00 Å². The predicted molar refractivity (Wildman–Crippen MR) is 106 cm³/mol. The Balaban J connectivity index is 1.68. The third kappa shape index (κ3) is 4.46. The molecule has 0 aliphatic heterocycles. The molecule has 1 N–H and O–H groups in total. The summed E-state index contributed by atoms with van der Waals surface area (Å²) in [4.78, 5) is 26.8. The van der Waals surface area contributed by atoms with Crippen molar-refractivity contribution in [3.8, 4) is 0 Å². The van der Waals surface area contributed by atoms with Gasteiger partial charge in [-0.15, -0.1) is 23.1 Å². The summed E-state index contributed by atoms with van der Waals surface area (Å²) in [6.45, 7) is 2.12. The summed E-state index contributed by atoms with van der Waals surface area (Å²) in [6, 6.07) is 7.82. The van der Waals surface area contributed by atoms with Gasteiger partial charge in [-0.25, -0.2) is 4.79 Å². The summed E-state index contributed by atoms with van der Waals surface area (Å²) >= 11 is 6.37. The molecule has 132 valence electrons. The minimum Gasteiger partial charge on any atom is -0.462 e. The number of aryl methyl sites for hydroxylation is 1. The second-order valence-electron chi connectivity index (χ2n) is 5.57. The Morgan fingerprint density at radius 3 is 2.76 bits per heavy atom. The van der Waals surface area contributed by atoms with Crippen molar-refractivity contribution in [2.45, 2.75) is 31.1 Å². The number of amides is 1. The number of halogens is 1. The minimum absolute atomic E-state index is 0.113. The largest absolute Gasteiger partial charge is 0.462 e. The van der Waals surface area contributed by atoms with Crippen LogP contribution in [0.15, 0.2) is 33.6 Å². The first-order valence-corrected chi connectivity index (χ1v) is 10.7. The Bertz CT molecular complexity index is 786. The van der Waals surface area contributed by atoms with Gasteiger partial charge in [0.25, 0.3) is 0 Å². The molecule has 1 heterocycles. The molecule has 1 aliphatic carbocycles. The third-order valence-corrected chi connectivity index (χ3v) is 6.59. The third-order valence-electron chi connectivity index (χ3n) is 3.84. The molecule has 1 aromatic heterocycles. The SMILES string of the molecule is CCOC(=O)c1c(NC(=O)CSc2ccc(Br)cc2)sc2c1CCC2. The molecule has 0 spiro atoms. The number of hydrogen-bond donors (Lipinski definition) is 1. The highest BCUT2D eigenvalue weighted by molar-refractivity contribution is 9.10. The van der Waals surface area contributed by atoms with Gasteiger partial charge in [-0.05, 0) is 56.0 Å². The smallest absolute Gasteiger partial charge is 0.341 e. The maximum absolute atomic E-state index is 12.3. The van der Waals surface area contributed by atoms with E-state index >= 15 is 0 Å². The van der Waals surface area contributed by atoms with Gasteiger partial charge in [-0.2, -0.15) is 0 Å². The zero-order chi connectivity index (χ0) is 17.8. The van der Waals surface area contributed by atoms with Crippen LogP contribution in [0.25, 0.3) is 0 Å². The van der Waals surface area contributed by atoms with Gasteiger partial charge in [0.05, 0.1) is 17.9 Å². The molecule has 7 heteroatoms. The number of benzene rings is 1. The number of hydrogen-bond acceptors (Lipinski definition) is 5. The molecule has 0 fully saturated rings. The standard InChI is InChI=1S/C18H18BrNO3S2/c1-2-23-18(22)16-13-4-3-5-14(13)25-17(16)20-15(21)10-24-12-8-6-11(19)7-9-12/h6-9H,2-5,10H2,1H3,(H,20,21). The van der Waals surface area contributed by atoms with Crippen LogP contribution in [-0.2, 0) is 22.4 Å². The Kier molecular flexibility index (Phi) is 6.19. The summed E-state index contributed by atoms with van der Waals surface area (Å²) in [5.41, 5.74) is 1.61. The van der Waals surface area contributed by atoms with E-state index in [4.69, 9.17) is 4.74 Å². The molecule has 0 atom stereocenters. The van der Waals surface area contributed by atoms with Crippen LogP contribution in [0.2, 0.25) is 0 Å². The van der Waals surface area contributed by atoms with E-state index in [-0.39, 0.29) is 11.9 Å². The topological polar surface area (TPSA) is 55.4 Å². The lowest BCUT2D eigenvalue weighted by Gasteiger charge is -2.08. The number of nitrogens with one attached hydrogen (secondary N) is 1. The first-order valence-electron chi connectivity index (χ1n) is 8.08. The molecule has 2 aromatic rings. The Hall–Kier alpha value is -1.31. The molecule has 25 heavy (non-hydrogen) atoms. The number of thioether (sulfide) groups is 1. The van der Waals surface area contributed by atoms with E-state index in [1.807, 2.05) is 24.3 Å². The van der Waals surface area contributed by atoms with Gasteiger partial charge in [-0.3, -0.25) is 4.79 Å². The van der Waals surface area contributed by atoms with E-state index in [0.717, 1.165) is 34.2 Å². The first kappa shape index (κ1) is 18.5. The fraction of sp³-hybridized carbons (Fsp3) is 0.333. The van der Waals surface area contributed by atoms with E-state index in [1.54, 1.807) is 6.92 Å². The average molecular weight is 440 g/mol. The van der Waals surface area contributed by atoms with E-state index in [1.165, 1.54) is 28.0 Å². The van der Waals surface area contributed by atoms with Crippen molar-refractivity contribution in [3.63, 3.8) is 0 Å². The monoisotopic (exact) mass is 439 g/mol. The second-order valence-corrected chi connectivity index (χ2v) is 8.64. The summed E-state index contributed by atoms with van der Waals surface area (Å²) in [5.74, 6) is -0.150. The number of carbonyl (C=O) groups excluding carboxylic acids is 2. The zero-order valence-corrected chi connectivity index (χ0v) is 17.0.